The molecule has 9 nitrogen and oxygen atoms in total. The second-order valence-corrected chi connectivity index (χ2v) is 10.0. The van der Waals surface area contributed by atoms with Crippen molar-refractivity contribution in [3.63, 3.8) is 0 Å². The van der Waals surface area contributed by atoms with Gasteiger partial charge in [-0.25, -0.2) is 0 Å². The van der Waals surface area contributed by atoms with Crippen LogP contribution in [0.5, 0.6) is 5.75 Å². The molecule has 4 rings (SSSR count). The van der Waals surface area contributed by atoms with Gasteiger partial charge in [0.05, 0.1) is 24.7 Å². The molecule has 2 aliphatic heterocycles. The Morgan fingerprint density at radius 3 is 2.77 bits per heavy atom. The van der Waals surface area contributed by atoms with Crippen LogP contribution in [0.1, 0.15) is 34.1 Å². The molecule has 0 bridgehead atoms. The number of halogens is 1. The van der Waals surface area contributed by atoms with Crippen LogP contribution in [-0.4, -0.2) is 57.6 Å². The van der Waals surface area contributed by atoms with Crippen LogP contribution >= 0.6 is 11.6 Å². The molecule has 1 saturated heterocycles. The number of hydrogen-bond donors (Lipinski definition) is 1. The highest BCUT2D eigenvalue weighted by Gasteiger charge is 2.35. The fourth-order valence-corrected chi connectivity index (χ4v) is 4.30. The van der Waals surface area contributed by atoms with Crippen molar-refractivity contribution in [2.75, 3.05) is 18.5 Å². The summed E-state index contributed by atoms with van der Waals surface area (Å²) < 4.78 is 19.0. The van der Waals surface area contributed by atoms with Crippen LogP contribution in [0.4, 0.5) is 5.82 Å². The van der Waals surface area contributed by atoms with Crippen LogP contribution in [0.15, 0.2) is 48.4 Å². The molecular formula is C25H31ClN4O5. The highest BCUT2D eigenvalue weighted by molar-refractivity contribution is 6.32. The van der Waals surface area contributed by atoms with E-state index < -0.39 is 11.8 Å². The van der Waals surface area contributed by atoms with E-state index >= 15 is 0 Å². The molecule has 10 heteroatoms. The van der Waals surface area contributed by atoms with Crippen LogP contribution in [0, 0.1) is 5.92 Å². The molecule has 2 amide bonds. The maximum Gasteiger partial charge on any atom is 0.251 e. The number of nitrogens with zero attached hydrogens (tertiary/aromatic N) is 3. The first-order chi connectivity index (χ1) is 16.6. The average Bonchev–Trinajstić information content (AvgIpc) is 3.46. The second-order valence-electron chi connectivity index (χ2n) is 9.62. The first-order valence-corrected chi connectivity index (χ1v) is 12.1. The van der Waals surface area contributed by atoms with Gasteiger partial charge in [0.2, 0.25) is 5.91 Å². The summed E-state index contributed by atoms with van der Waals surface area (Å²) in [6.45, 7) is 8.93. The molecule has 2 aliphatic rings. The van der Waals surface area contributed by atoms with Crippen molar-refractivity contribution in [1.29, 1.82) is 0 Å². The smallest absolute Gasteiger partial charge is 0.251 e. The van der Waals surface area contributed by atoms with E-state index in [-0.39, 0.29) is 30.4 Å². The minimum absolute atomic E-state index is 0.119. The number of rotatable bonds is 9. The van der Waals surface area contributed by atoms with Crippen LogP contribution in [0.25, 0.3) is 0 Å². The monoisotopic (exact) mass is 502 g/mol. The third-order valence-corrected chi connectivity index (χ3v) is 6.01. The number of anilines is 1. The third-order valence-electron chi connectivity index (χ3n) is 5.69. The number of carbonyl (C=O) groups is 2. The predicted octanol–water partition coefficient (Wildman–Crippen LogP) is 3.85. The Labute approximate surface area is 210 Å². The number of para-hydroxylation sites is 1. The Morgan fingerprint density at radius 1 is 1.31 bits per heavy atom. The lowest BCUT2D eigenvalue weighted by molar-refractivity contribution is -0.139. The molecule has 0 spiro atoms. The van der Waals surface area contributed by atoms with Crippen molar-refractivity contribution in [2.45, 2.75) is 58.6 Å². The number of nitrogens with one attached hydrogen (secondary N) is 1. The molecular weight excluding hydrogens is 472 g/mol. The summed E-state index contributed by atoms with van der Waals surface area (Å²) in [4.78, 5) is 27.6. The first-order valence-electron chi connectivity index (χ1n) is 11.7. The van der Waals surface area contributed by atoms with E-state index in [9.17, 15) is 9.59 Å². The van der Waals surface area contributed by atoms with Gasteiger partial charge in [0.15, 0.2) is 11.6 Å². The summed E-state index contributed by atoms with van der Waals surface area (Å²) in [6.07, 6.45) is 3.56. The van der Waals surface area contributed by atoms with E-state index in [0.717, 1.165) is 0 Å². The van der Waals surface area contributed by atoms with Crippen LogP contribution < -0.4 is 10.1 Å². The van der Waals surface area contributed by atoms with Gasteiger partial charge in [-0.2, -0.15) is 5.10 Å². The highest BCUT2D eigenvalue weighted by atomic mass is 35.5. The number of carbonyl (C=O) groups excluding carboxylic acids is 2. The molecule has 35 heavy (non-hydrogen) atoms. The van der Waals surface area contributed by atoms with Crippen LogP contribution in [0.2, 0.25) is 5.02 Å². The molecule has 0 saturated carbocycles. The molecule has 0 radical (unpaired) electrons. The molecule has 2 aromatic rings. The Hall–Kier alpha value is -2.88. The van der Waals surface area contributed by atoms with Crippen molar-refractivity contribution in [1.82, 2.24) is 14.7 Å². The second kappa shape index (κ2) is 10.4. The Morgan fingerprint density at radius 2 is 2.09 bits per heavy atom. The highest BCUT2D eigenvalue weighted by Crippen LogP contribution is 2.28. The first kappa shape index (κ1) is 25.2. The molecule has 2 unspecified atom stereocenters. The van der Waals surface area contributed by atoms with Crippen LogP contribution in [-0.2, 0) is 25.6 Å². The normalized spacial score (nSPS) is 20.3. The standard InChI is InChI=1S/C25H31ClN4O5/c1-16(2)11-20(30-14-17(12-23(30)31)34-21-8-6-5-7-19(21)26)24(32)27-22-9-10-29(28-22)13-18-15-33-25(3,4)35-18/h5-10,12,16,18,20H,11,13-15H2,1-4H3,(H,27,28,32). The summed E-state index contributed by atoms with van der Waals surface area (Å²) >= 11 is 6.18. The molecule has 1 aromatic carbocycles. The average molecular weight is 503 g/mol. The number of hydrogen-bond acceptors (Lipinski definition) is 6. The maximum atomic E-state index is 13.3. The minimum Gasteiger partial charge on any atom is -0.458 e. The number of amides is 2. The lowest BCUT2D eigenvalue weighted by Crippen LogP contribution is -2.46. The van der Waals surface area contributed by atoms with E-state index in [1.54, 1.807) is 41.2 Å². The van der Waals surface area contributed by atoms with Gasteiger partial charge in [0.1, 0.15) is 23.7 Å². The number of ether oxygens (including phenoxy) is 3. The van der Waals surface area contributed by atoms with Crippen molar-refractivity contribution >= 4 is 29.2 Å². The lowest BCUT2D eigenvalue weighted by Gasteiger charge is -2.28. The minimum atomic E-state index is -0.677. The third kappa shape index (κ3) is 6.42. The van der Waals surface area contributed by atoms with Crippen molar-refractivity contribution in [3.05, 3.63) is 53.4 Å². The fraction of sp³-hybridized carbons (Fsp3) is 0.480. The summed E-state index contributed by atoms with van der Waals surface area (Å²) in [5.41, 5.74) is 0. The largest absolute Gasteiger partial charge is 0.458 e. The zero-order valence-electron chi connectivity index (χ0n) is 20.4. The van der Waals surface area contributed by atoms with E-state index in [4.69, 9.17) is 25.8 Å². The Bertz CT molecular complexity index is 1110. The van der Waals surface area contributed by atoms with Gasteiger partial charge in [-0.15, -0.1) is 0 Å². The predicted molar refractivity (Wildman–Crippen MR) is 131 cm³/mol. The van der Waals surface area contributed by atoms with E-state index in [0.29, 0.717) is 41.9 Å². The lowest BCUT2D eigenvalue weighted by atomic mass is 10.0. The van der Waals surface area contributed by atoms with E-state index in [2.05, 4.69) is 10.4 Å². The number of aromatic nitrogens is 2. The Balaban J connectivity index is 1.40. The summed E-state index contributed by atoms with van der Waals surface area (Å²) in [7, 11) is 0. The zero-order chi connectivity index (χ0) is 25.2. The summed E-state index contributed by atoms with van der Waals surface area (Å²) in [5, 5.41) is 7.75. The van der Waals surface area contributed by atoms with Crippen molar-refractivity contribution in [3.8, 4) is 5.75 Å². The van der Waals surface area contributed by atoms with Gasteiger partial charge < -0.3 is 24.4 Å². The van der Waals surface area contributed by atoms with Crippen LogP contribution in [0.3, 0.4) is 0 Å². The molecule has 2 atom stereocenters. The van der Waals surface area contributed by atoms with E-state index in [1.807, 2.05) is 27.7 Å². The molecule has 188 valence electrons. The fourth-order valence-electron chi connectivity index (χ4n) is 4.13. The van der Waals surface area contributed by atoms with Gasteiger partial charge in [0, 0.05) is 18.3 Å². The maximum absolute atomic E-state index is 13.3. The molecule has 0 aliphatic carbocycles. The molecule has 1 aromatic heterocycles. The molecule has 1 N–H and O–H groups in total. The molecule has 3 heterocycles. The Kier molecular flexibility index (Phi) is 7.49. The number of benzene rings is 1. The van der Waals surface area contributed by atoms with Crippen molar-refractivity contribution in [2.24, 2.45) is 5.92 Å². The quantitative estimate of drug-likeness (QED) is 0.559. The zero-order valence-corrected chi connectivity index (χ0v) is 21.1. The SMILES string of the molecule is CC(C)CC(C(=O)Nc1ccn(CC2COC(C)(C)O2)n1)N1CC(Oc2ccccc2Cl)=CC1=O. The van der Waals surface area contributed by atoms with Gasteiger partial charge >= 0.3 is 0 Å². The van der Waals surface area contributed by atoms with Crippen molar-refractivity contribution < 1.29 is 23.8 Å². The van der Waals surface area contributed by atoms with Gasteiger partial charge in [-0.05, 0) is 38.3 Å². The molecule has 1 fully saturated rings. The topological polar surface area (TPSA) is 94.9 Å². The van der Waals surface area contributed by atoms with Gasteiger partial charge in [-0.3, -0.25) is 14.3 Å². The summed E-state index contributed by atoms with van der Waals surface area (Å²) in [6, 6.07) is 8.10. The summed E-state index contributed by atoms with van der Waals surface area (Å²) in [5.74, 6) is 0.317. The van der Waals surface area contributed by atoms with E-state index in [1.165, 1.54) is 11.0 Å². The van der Waals surface area contributed by atoms with Gasteiger partial charge in [0.25, 0.3) is 5.91 Å². The van der Waals surface area contributed by atoms with Gasteiger partial charge in [-0.1, -0.05) is 37.6 Å².